The lowest BCUT2D eigenvalue weighted by Crippen LogP contribution is -2.42. The van der Waals surface area contributed by atoms with Crippen LogP contribution >= 0.6 is 0 Å². The molecule has 8 heteroatoms. The number of carboxylic acid groups (broad SMARTS) is 1. The maximum Gasteiger partial charge on any atom is 0.307 e. The van der Waals surface area contributed by atoms with Crippen LogP contribution in [0.25, 0.3) is 0 Å². The summed E-state index contributed by atoms with van der Waals surface area (Å²) in [5.74, 6) is -2.50. The van der Waals surface area contributed by atoms with E-state index in [-0.39, 0.29) is 29.3 Å². The van der Waals surface area contributed by atoms with E-state index >= 15 is 0 Å². The Morgan fingerprint density at radius 2 is 2.14 bits per heavy atom. The fraction of sp³-hybridized carbons (Fsp3) is 0.500. The topological polar surface area (TPSA) is 83.9 Å². The highest BCUT2D eigenvalue weighted by Gasteiger charge is 2.34. The summed E-state index contributed by atoms with van der Waals surface area (Å²) >= 11 is 0. The number of sulfonamides is 1. The van der Waals surface area contributed by atoms with Crippen molar-refractivity contribution < 1.29 is 27.4 Å². The summed E-state index contributed by atoms with van der Waals surface area (Å²) in [6, 6.07) is 2.55. The van der Waals surface area contributed by atoms with Crippen LogP contribution in [0, 0.1) is 18.7 Å². The van der Waals surface area contributed by atoms with Crippen LogP contribution < -0.4 is 4.74 Å². The molecule has 1 unspecified atom stereocenters. The van der Waals surface area contributed by atoms with Crippen molar-refractivity contribution in [2.45, 2.75) is 24.7 Å². The summed E-state index contributed by atoms with van der Waals surface area (Å²) in [4.78, 5) is 10.9. The molecule has 122 valence electrons. The van der Waals surface area contributed by atoms with Crippen molar-refractivity contribution in [2.24, 2.45) is 5.92 Å². The van der Waals surface area contributed by atoms with Gasteiger partial charge in [-0.3, -0.25) is 4.79 Å². The summed E-state index contributed by atoms with van der Waals surface area (Å²) in [7, 11) is -2.63. The Kier molecular flexibility index (Phi) is 4.72. The number of piperidine rings is 1. The van der Waals surface area contributed by atoms with Gasteiger partial charge in [-0.15, -0.1) is 0 Å². The molecule has 22 heavy (non-hydrogen) atoms. The van der Waals surface area contributed by atoms with Crippen molar-refractivity contribution in [3.8, 4) is 5.75 Å². The van der Waals surface area contributed by atoms with Crippen LogP contribution in [-0.2, 0) is 14.8 Å². The zero-order valence-electron chi connectivity index (χ0n) is 12.4. The van der Waals surface area contributed by atoms with Crippen LogP contribution in [0.15, 0.2) is 17.0 Å². The highest BCUT2D eigenvalue weighted by atomic mass is 32.2. The predicted octanol–water partition coefficient (Wildman–Crippen LogP) is 1.63. The van der Waals surface area contributed by atoms with Gasteiger partial charge in [0.05, 0.1) is 17.9 Å². The highest BCUT2D eigenvalue weighted by Crippen LogP contribution is 2.30. The van der Waals surface area contributed by atoms with E-state index < -0.39 is 27.7 Å². The molecule has 1 heterocycles. The van der Waals surface area contributed by atoms with Crippen molar-refractivity contribution >= 4 is 16.0 Å². The molecule has 0 amide bonds. The molecule has 2 rings (SSSR count). The van der Waals surface area contributed by atoms with Gasteiger partial charge in [0.2, 0.25) is 10.0 Å². The number of hydrogen-bond donors (Lipinski definition) is 1. The molecule has 1 aliphatic heterocycles. The average Bonchev–Trinajstić information content (AvgIpc) is 2.49. The van der Waals surface area contributed by atoms with Gasteiger partial charge in [-0.25, -0.2) is 12.8 Å². The monoisotopic (exact) mass is 331 g/mol. The zero-order chi connectivity index (χ0) is 16.5. The number of benzene rings is 1. The fourth-order valence-electron chi connectivity index (χ4n) is 2.58. The van der Waals surface area contributed by atoms with Gasteiger partial charge in [-0.05, 0) is 31.9 Å². The van der Waals surface area contributed by atoms with E-state index in [9.17, 15) is 17.6 Å². The first-order valence-electron chi connectivity index (χ1n) is 6.85. The lowest BCUT2D eigenvalue weighted by molar-refractivity contribution is -0.142. The number of halogens is 1. The van der Waals surface area contributed by atoms with Gasteiger partial charge >= 0.3 is 5.97 Å². The quantitative estimate of drug-likeness (QED) is 0.906. The lowest BCUT2D eigenvalue weighted by atomic mass is 10.0. The Balaban J connectivity index is 2.38. The van der Waals surface area contributed by atoms with Crippen molar-refractivity contribution in [3.63, 3.8) is 0 Å². The minimum absolute atomic E-state index is 0.0292. The first-order chi connectivity index (χ1) is 10.3. The van der Waals surface area contributed by atoms with E-state index in [1.54, 1.807) is 0 Å². The Labute approximate surface area is 128 Å². The van der Waals surface area contributed by atoms with E-state index in [0.29, 0.717) is 12.8 Å². The fourth-order valence-corrected chi connectivity index (χ4v) is 4.32. The van der Waals surface area contributed by atoms with E-state index in [1.165, 1.54) is 26.2 Å². The van der Waals surface area contributed by atoms with Gasteiger partial charge in [-0.2, -0.15) is 4.31 Å². The molecule has 0 aromatic heterocycles. The second-order valence-electron chi connectivity index (χ2n) is 5.25. The maximum absolute atomic E-state index is 14.1. The standard InChI is InChI=1S/C14H18FNO5S/c1-9-12(6-5-11(21-2)13(9)15)22(19,20)16-7-3-4-10(8-16)14(17)18/h5-6,10H,3-4,7-8H2,1-2H3,(H,17,18). The van der Waals surface area contributed by atoms with Gasteiger partial charge in [0.1, 0.15) is 0 Å². The number of carboxylic acids is 1. The normalized spacial score (nSPS) is 19.9. The van der Waals surface area contributed by atoms with Crippen molar-refractivity contribution in [2.75, 3.05) is 20.2 Å². The molecule has 1 fully saturated rings. The Bertz CT molecular complexity index is 689. The third kappa shape index (κ3) is 2.93. The van der Waals surface area contributed by atoms with Gasteiger partial charge in [0.15, 0.2) is 11.6 Å². The molecule has 0 aliphatic carbocycles. The summed E-state index contributed by atoms with van der Waals surface area (Å²) in [5.41, 5.74) is -0.0307. The first-order valence-corrected chi connectivity index (χ1v) is 8.29. The predicted molar refractivity (Wildman–Crippen MR) is 76.8 cm³/mol. The maximum atomic E-state index is 14.1. The molecule has 1 aromatic rings. The van der Waals surface area contributed by atoms with Crippen molar-refractivity contribution in [3.05, 3.63) is 23.5 Å². The van der Waals surface area contributed by atoms with E-state index in [4.69, 9.17) is 9.84 Å². The summed E-state index contributed by atoms with van der Waals surface area (Å²) in [6.45, 7) is 1.51. The van der Waals surface area contributed by atoms with Gasteiger partial charge in [0, 0.05) is 18.7 Å². The molecular weight excluding hydrogens is 313 g/mol. The zero-order valence-corrected chi connectivity index (χ0v) is 13.2. The van der Waals surface area contributed by atoms with Crippen LogP contribution in [-0.4, -0.2) is 44.0 Å². The molecule has 0 saturated carbocycles. The molecule has 1 aliphatic rings. The van der Waals surface area contributed by atoms with Crippen LogP contribution in [0.3, 0.4) is 0 Å². The van der Waals surface area contributed by atoms with E-state index in [0.717, 1.165) is 4.31 Å². The van der Waals surface area contributed by atoms with Gasteiger partial charge in [-0.1, -0.05) is 0 Å². The molecule has 1 saturated heterocycles. The second-order valence-corrected chi connectivity index (χ2v) is 7.15. The third-order valence-corrected chi connectivity index (χ3v) is 5.88. The molecule has 1 N–H and O–H groups in total. The van der Waals surface area contributed by atoms with Crippen LogP contribution in [0.1, 0.15) is 18.4 Å². The second kappa shape index (κ2) is 6.21. The van der Waals surface area contributed by atoms with Gasteiger partial charge < -0.3 is 9.84 Å². The molecule has 0 spiro atoms. The smallest absolute Gasteiger partial charge is 0.307 e. The van der Waals surface area contributed by atoms with Gasteiger partial charge in [0.25, 0.3) is 0 Å². The molecule has 6 nitrogen and oxygen atoms in total. The third-order valence-electron chi connectivity index (χ3n) is 3.87. The van der Waals surface area contributed by atoms with E-state index in [1.807, 2.05) is 0 Å². The number of methoxy groups -OCH3 is 1. The molecule has 1 atom stereocenters. The lowest BCUT2D eigenvalue weighted by Gasteiger charge is -2.30. The van der Waals surface area contributed by atoms with Crippen molar-refractivity contribution in [1.29, 1.82) is 0 Å². The van der Waals surface area contributed by atoms with Crippen LogP contribution in [0.5, 0.6) is 5.75 Å². The van der Waals surface area contributed by atoms with E-state index in [2.05, 4.69) is 0 Å². The Hall–Kier alpha value is -1.67. The summed E-state index contributed by atoms with van der Waals surface area (Å²) in [5, 5.41) is 9.06. The number of aliphatic carboxylic acids is 1. The average molecular weight is 331 g/mol. The minimum atomic E-state index is -3.93. The van der Waals surface area contributed by atoms with Crippen LogP contribution in [0.2, 0.25) is 0 Å². The SMILES string of the molecule is COc1ccc(S(=O)(=O)N2CCCC(C(=O)O)C2)c(C)c1F. The number of rotatable bonds is 4. The molecule has 1 aromatic carbocycles. The van der Waals surface area contributed by atoms with Crippen molar-refractivity contribution in [1.82, 2.24) is 4.31 Å². The largest absolute Gasteiger partial charge is 0.494 e. The number of ether oxygens (including phenoxy) is 1. The molecule has 0 bridgehead atoms. The minimum Gasteiger partial charge on any atom is -0.494 e. The molecular formula is C14H18FNO5S. The highest BCUT2D eigenvalue weighted by molar-refractivity contribution is 7.89. The van der Waals surface area contributed by atoms with Crippen LogP contribution in [0.4, 0.5) is 4.39 Å². The first kappa shape index (κ1) is 16.7. The Morgan fingerprint density at radius 3 is 2.73 bits per heavy atom. The number of carbonyl (C=O) groups is 1. The summed E-state index contributed by atoms with van der Waals surface area (Å²) < 4.78 is 45.3. The number of nitrogens with zero attached hydrogens (tertiary/aromatic N) is 1. The Morgan fingerprint density at radius 1 is 1.45 bits per heavy atom. The number of hydrogen-bond acceptors (Lipinski definition) is 4. The summed E-state index contributed by atoms with van der Waals surface area (Å²) in [6.07, 6.45) is 0.908. The molecule has 0 radical (unpaired) electrons.